The quantitative estimate of drug-likeness (QED) is 0.734. The first kappa shape index (κ1) is 16.2. The molecule has 0 atom stereocenters. The van der Waals surface area contributed by atoms with E-state index in [9.17, 15) is 0 Å². The normalized spacial score (nSPS) is 15.1. The monoisotopic (exact) mass is 315 g/mol. The van der Waals surface area contributed by atoms with Gasteiger partial charge in [0.15, 0.2) is 0 Å². The molecule has 0 unspecified atom stereocenters. The molecule has 1 aliphatic rings. The first-order valence-electron chi connectivity index (χ1n) is 8.13. The average molecular weight is 315 g/mol. The van der Waals surface area contributed by atoms with E-state index in [-0.39, 0.29) is 0 Å². The van der Waals surface area contributed by atoms with E-state index in [1.165, 1.54) is 22.3 Å². The fourth-order valence-corrected chi connectivity index (χ4v) is 2.96. The van der Waals surface area contributed by atoms with Gasteiger partial charge in [0.05, 0.1) is 25.7 Å². The van der Waals surface area contributed by atoms with E-state index in [4.69, 9.17) is 9.15 Å². The van der Waals surface area contributed by atoms with Gasteiger partial charge in [-0.25, -0.2) is 0 Å². The Morgan fingerprint density at radius 1 is 1.35 bits per heavy atom. The van der Waals surface area contributed by atoms with Crippen molar-refractivity contribution in [2.45, 2.75) is 26.1 Å². The molecule has 5 nitrogen and oxygen atoms in total. The summed E-state index contributed by atoms with van der Waals surface area (Å²) in [6.07, 6.45) is 8.57. The van der Waals surface area contributed by atoms with Crippen LogP contribution in [0.3, 0.4) is 0 Å². The van der Waals surface area contributed by atoms with Gasteiger partial charge in [-0.15, -0.1) is 0 Å². The molecule has 0 fully saturated rings. The second-order valence-electron chi connectivity index (χ2n) is 6.38. The van der Waals surface area contributed by atoms with Crippen molar-refractivity contribution < 1.29 is 9.15 Å². The van der Waals surface area contributed by atoms with Crippen LogP contribution in [0.2, 0.25) is 0 Å². The second kappa shape index (κ2) is 7.73. The maximum atomic E-state index is 5.80. The van der Waals surface area contributed by atoms with Gasteiger partial charge in [0.1, 0.15) is 0 Å². The van der Waals surface area contributed by atoms with Crippen molar-refractivity contribution in [3.05, 3.63) is 53.2 Å². The molecule has 0 spiro atoms. The summed E-state index contributed by atoms with van der Waals surface area (Å²) in [6, 6.07) is 2.03. The minimum Gasteiger partial charge on any atom is -0.472 e. The van der Waals surface area contributed by atoms with Gasteiger partial charge in [-0.05, 0) is 43.3 Å². The van der Waals surface area contributed by atoms with Gasteiger partial charge in [0.25, 0.3) is 0 Å². The number of fused-ring (bicyclic) bond motifs is 1. The summed E-state index contributed by atoms with van der Waals surface area (Å²) in [4.78, 5) is 8.98. The number of ether oxygens (including phenoxy) is 1. The number of furan rings is 1. The molecule has 0 saturated heterocycles. The first-order valence-corrected chi connectivity index (χ1v) is 8.13. The van der Waals surface area contributed by atoms with Crippen LogP contribution in [0.25, 0.3) is 0 Å². The average Bonchev–Trinajstić information content (AvgIpc) is 3.04. The summed E-state index contributed by atoms with van der Waals surface area (Å²) >= 11 is 0. The van der Waals surface area contributed by atoms with Crippen LogP contribution in [-0.4, -0.2) is 48.6 Å². The summed E-state index contributed by atoms with van der Waals surface area (Å²) in [6.45, 7) is 5.29. The summed E-state index contributed by atoms with van der Waals surface area (Å²) in [7, 11) is 4.12. The zero-order chi connectivity index (χ0) is 16.1. The van der Waals surface area contributed by atoms with Crippen molar-refractivity contribution in [2.24, 2.45) is 0 Å². The number of aromatic nitrogens is 1. The van der Waals surface area contributed by atoms with Crippen LogP contribution < -0.4 is 0 Å². The third-order valence-corrected chi connectivity index (χ3v) is 4.23. The molecule has 0 N–H and O–H groups in total. The van der Waals surface area contributed by atoms with Gasteiger partial charge in [0, 0.05) is 44.1 Å². The number of rotatable bonds is 7. The fraction of sp³-hybridized carbons (Fsp3) is 0.500. The Hall–Kier alpha value is -1.69. The number of hydrogen-bond donors (Lipinski definition) is 0. The zero-order valence-corrected chi connectivity index (χ0v) is 14.0. The van der Waals surface area contributed by atoms with Gasteiger partial charge in [-0.2, -0.15) is 0 Å². The fourth-order valence-electron chi connectivity index (χ4n) is 2.96. The molecule has 124 valence electrons. The van der Waals surface area contributed by atoms with Crippen molar-refractivity contribution in [2.75, 3.05) is 33.8 Å². The summed E-state index contributed by atoms with van der Waals surface area (Å²) in [5.74, 6) is 0. The molecular formula is C18H25N3O2. The highest BCUT2D eigenvalue weighted by Crippen LogP contribution is 2.23. The molecule has 3 heterocycles. The summed E-state index contributed by atoms with van der Waals surface area (Å²) in [5, 5.41) is 0. The molecule has 2 aromatic rings. The summed E-state index contributed by atoms with van der Waals surface area (Å²) in [5.41, 5.74) is 5.22. The van der Waals surface area contributed by atoms with Crippen LogP contribution in [0.1, 0.15) is 22.3 Å². The number of hydrogen-bond acceptors (Lipinski definition) is 5. The molecule has 3 rings (SSSR count). The largest absolute Gasteiger partial charge is 0.472 e. The maximum Gasteiger partial charge on any atom is 0.0947 e. The van der Waals surface area contributed by atoms with Crippen molar-refractivity contribution in [3.63, 3.8) is 0 Å². The van der Waals surface area contributed by atoms with Crippen molar-refractivity contribution in [3.8, 4) is 0 Å². The van der Waals surface area contributed by atoms with Crippen LogP contribution >= 0.6 is 0 Å². The lowest BCUT2D eigenvalue weighted by Crippen LogP contribution is -2.30. The van der Waals surface area contributed by atoms with Gasteiger partial charge in [0.2, 0.25) is 0 Å². The molecule has 0 amide bonds. The van der Waals surface area contributed by atoms with Gasteiger partial charge in [-0.3, -0.25) is 9.88 Å². The first-order chi connectivity index (χ1) is 11.2. The Balaban J connectivity index is 1.59. The van der Waals surface area contributed by atoms with E-state index in [2.05, 4.69) is 28.9 Å². The zero-order valence-electron chi connectivity index (χ0n) is 14.0. The lowest BCUT2D eigenvalue weighted by atomic mass is 9.97. The smallest absolute Gasteiger partial charge is 0.0947 e. The molecule has 23 heavy (non-hydrogen) atoms. The van der Waals surface area contributed by atoms with Crippen molar-refractivity contribution in [1.29, 1.82) is 0 Å². The van der Waals surface area contributed by atoms with E-state index in [0.717, 1.165) is 39.2 Å². The van der Waals surface area contributed by atoms with Crippen LogP contribution in [0.5, 0.6) is 0 Å². The standard InChI is InChI=1S/C18H25N3O2/c1-20(2)6-8-23-14-17-10-19-9-16-12-21(5-3-18(16)17)11-15-4-7-22-13-15/h4,7,9-10,13H,3,5-6,8,11-12,14H2,1-2H3. The Bertz CT molecular complexity index is 611. The molecule has 2 aromatic heterocycles. The molecule has 0 aliphatic carbocycles. The van der Waals surface area contributed by atoms with Crippen LogP contribution in [0, 0.1) is 0 Å². The van der Waals surface area contributed by atoms with E-state index in [0.29, 0.717) is 6.61 Å². The Labute approximate surface area is 137 Å². The lowest BCUT2D eigenvalue weighted by Gasteiger charge is -2.29. The van der Waals surface area contributed by atoms with E-state index in [1.807, 2.05) is 24.7 Å². The van der Waals surface area contributed by atoms with E-state index >= 15 is 0 Å². The minimum absolute atomic E-state index is 0.658. The highest BCUT2D eigenvalue weighted by atomic mass is 16.5. The summed E-state index contributed by atoms with van der Waals surface area (Å²) < 4.78 is 11.0. The lowest BCUT2D eigenvalue weighted by molar-refractivity contribution is 0.104. The molecule has 1 aliphatic heterocycles. The van der Waals surface area contributed by atoms with Crippen molar-refractivity contribution in [1.82, 2.24) is 14.8 Å². The topological polar surface area (TPSA) is 41.7 Å². The SMILES string of the molecule is CN(C)CCOCc1cncc2c1CCN(Cc1ccoc1)C2. The van der Waals surface area contributed by atoms with Crippen LogP contribution in [0.15, 0.2) is 35.4 Å². The highest BCUT2D eigenvalue weighted by molar-refractivity contribution is 5.33. The number of likely N-dealkylation sites (N-methyl/N-ethyl adjacent to an activating group) is 1. The van der Waals surface area contributed by atoms with E-state index in [1.54, 1.807) is 6.26 Å². The second-order valence-corrected chi connectivity index (χ2v) is 6.38. The van der Waals surface area contributed by atoms with E-state index < -0.39 is 0 Å². The maximum absolute atomic E-state index is 5.80. The Kier molecular flexibility index (Phi) is 5.43. The van der Waals surface area contributed by atoms with Crippen molar-refractivity contribution >= 4 is 0 Å². The van der Waals surface area contributed by atoms with Gasteiger partial charge in [-0.1, -0.05) is 0 Å². The van der Waals surface area contributed by atoms with Crippen LogP contribution in [-0.2, 0) is 30.9 Å². The minimum atomic E-state index is 0.658. The predicted octanol–water partition coefficient (Wildman–Crippen LogP) is 2.31. The van der Waals surface area contributed by atoms with Gasteiger partial charge >= 0.3 is 0 Å². The molecule has 0 saturated carbocycles. The third kappa shape index (κ3) is 4.41. The molecule has 0 aromatic carbocycles. The molecule has 5 heteroatoms. The third-order valence-electron chi connectivity index (χ3n) is 4.23. The van der Waals surface area contributed by atoms with Crippen LogP contribution in [0.4, 0.5) is 0 Å². The molecule has 0 bridgehead atoms. The Morgan fingerprint density at radius 3 is 3.04 bits per heavy atom. The van der Waals surface area contributed by atoms with Gasteiger partial charge < -0.3 is 14.1 Å². The predicted molar refractivity (Wildman–Crippen MR) is 89.0 cm³/mol. The molecule has 0 radical (unpaired) electrons. The number of nitrogens with zero attached hydrogens (tertiary/aromatic N) is 3. The Morgan fingerprint density at radius 2 is 2.26 bits per heavy atom. The highest BCUT2D eigenvalue weighted by Gasteiger charge is 2.19. The number of pyridine rings is 1. The molecular weight excluding hydrogens is 290 g/mol.